The van der Waals surface area contributed by atoms with Gasteiger partial charge in [0, 0.05) is 53.2 Å². The summed E-state index contributed by atoms with van der Waals surface area (Å²) < 4.78 is 8.97. The van der Waals surface area contributed by atoms with Crippen LogP contribution in [0.1, 0.15) is 0 Å². The van der Waals surface area contributed by atoms with Gasteiger partial charge in [-0.25, -0.2) is 15.0 Å². The van der Waals surface area contributed by atoms with Crippen LogP contribution in [0.3, 0.4) is 0 Å². The number of benzene rings is 7. The van der Waals surface area contributed by atoms with E-state index in [1.165, 1.54) is 20.2 Å². The van der Waals surface area contributed by atoms with Crippen molar-refractivity contribution < 1.29 is 4.42 Å². The molecule has 0 aliphatic heterocycles. The molecular weight excluding hydrogens is 685 g/mol. The number of hydrogen-bond donors (Lipinski definition) is 0. The molecule has 0 spiro atoms. The zero-order valence-electron chi connectivity index (χ0n) is 29.2. The van der Waals surface area contributed by atoms with E-state index in [0.29, 0.717) is 28.6 Å². The molecule has 3 aromatic heterocycles. The van der Waals surface area contributed by atoms with E-state index < -0.39 is 0 Å². The van der Waals surface area contributed by atoms with E-state index in [4.69, 9.17) is 58.6 Å². The summed E-state index contributed by atoms with van der Waals surface area (Å²) in [6.07, 6.45) is 0. The first kappa shape index (κ1) is 33.5. The summed E-state index contributed by atoms with van der Waals surface area (Å²) in [5.74, 6) is 1.50. The number of aromatic nitrogens is 3. The van der Waals surface area contributed by atoms with Crippen LogP contribution in [0.15, 0.2) is 138 Å². The molecule has 10 aromatic rings. The molecule has 4 nitrogen and oxygen atoms in total. The van der Waals surface area contributed by atoms with Gasteiger partial charge < -0.3 is 4.42 Å². The predicted molar refractivity (Wildman–Crippen MR) is 234 cm³/mol. The Kier molecular flexibility index (Phi) is 7.93. The maximum atomic E-state index is 6.47. The van der Waals surface area contributed by atoms with Crippen LogP contribution in [0.2, 0.25) is 0 Å². The second-order valence-corrected chi connectivity index (χ2v) is 14.5. The average Bonchev–Trinajstić information content (AvgIpc) is 3.81. The molecule has 0 N–H and O–H groups in total. The zero-order valence-corrected chi connectivity index (χ0v) is 30.1. The summed E-state index contributed by atoms with van der Waals surface area (Å²) in [5.41, 5.74) is 8.49. The highest BCUT2D eigenvalue weighted by atomic mass is 32.1. The molecule has 0 bridgehead atoms. The molecular formula is C45H22B5N3OS. The molecule has 0 aliphatic rings. The zero-order chi connectivity index (χ0) is 37.4. The summed E-state index contributed by atoms with van der Waals surface area (Å²) in [6, 6.07) is 44.9. The minimum absolute atomic E-state index is 0.163. The molecule has 0 amide bonds. The van der Waals surface area contributed by atoms with Gasteiger partial charge in [-0.2, -0.15) is 0 Å². The van der Waals surface area contributed by atoms with Crippen molar-refractivity contribution in [3.63, 3.8) is 0 Å². The second kappa shape index (κ2) is 13.0. The number of nitrogens with zero attached hydrogens (tertiary/aromatic N) is 3. The van der Waals surface area contributed by atoms with Gasteiger partial charge in [-0.3, -0.25) is 0 Å². The van der Waals surface area contributed by atoms with Gasteiger partial charge in [0.05, 0.1) is 0 Å². The highest BCUT2D eigenvalue weighted by Crippen LogP contribution is 2.44. The topological polar surface area (TPSA) is 51.8 Å². The van der Waals surface area contributed by atoms with Crippen LogP contribution >= 0.6 is 11.3 Å². The fourth-order valence-corrected chi connectivity index (χ4v) is 8.70. The Bertz CT molecular complexity index is 3150. The molecule has 10 rings (SSSR count). The largest absolute Gasteiger partial charge is 0.456 e. The summed E-state index contributed by atoms with van der Waals surface area (Å²) in [7, 11) is 31.5. The molecule has 3 heterocycles. The van der Waals surface area contributed by atoms with Crippen LogP contribution in [0.5, 0.6) is 0 Å². The lowest BCUT2D eigenvalue weighted by atomic mass is 9.59. The first-order chi connectivity index (χ1) is 26.8. The van der Waals surface area contributed by atoms with E-state index in [-0.39, 0.29) is 27.3 Å². The predicted octanol–water partition coefficient (Wildman–Crippen LogP) is 6.44. The van der Waals surface area contributed by atoms with Gasteiger partial charge >= 0.3 is 0 Å². The molecule has 55 heavy (non-hydrogen) atoms. The number of hydrogen-bond acceptors (Lipinski definition) is 5. The number of rotatable bonds is 5. The Morgan fingerprint density at radius 2 is 1.00 bits per heavy atom. The van der Waals surface area contributed by atoms with Gasteiger partial charge in [0.25, 0.3) is 0 Å². The smallest absolute Gasteiger partial charge is 0.164 e. The highest BCUT2D eigenvalue weighted by Gasteiger charge is 2.20. The first-order valence-electron chi connectivity index (χ1n) is 17.6. The third-order valence-electron chi connectivity index (χ3n) is 10.2. The molecule has 7 aromatic carbocycles. The van der Waals surface area contributed by atoms with Gasteiger partial charge in [0.15, 0.2) is 17.5 Å². The second-order valence-electron chi connectivity index (χ2n) is 13.5. The average molecular weight is 707 g/mol. The SMILES string of the molecule is [B]c1c([B])c([B])c(-c2cccc(-c3nc(-c4ccccc4)nc(-c4ccc5oc6cccc(-c7cccc8c7sc7ccccc78)c6c5c4)n3)c2)c([B])c1[B]. The van der Waals surface area contributed by atoms with E-state index >= 15 is 0 Å². The summed E-state index contributed by atoms with van der Waals surface area (Å²) in [5, 5.41) is 4.50. The van der Waals surface area contributed by atoms with Crippen molar-refractivity contribution in [1.29, 1.82) is 0 Å². The number of thiophene rings is 1. The Labute approximate surface area is 327 Å². The Morgan fingerprint density at radius 1 is 0.418 bits per heavy atom. The summed E-state index contributed by atoms with van der Waals surface area (Å²) in [4.78, 5) is 15.0. The molecule has 0 saturated carbocycles. The van der Waals surface area contributed by atoms with E-state index in [1.807, 2.05) is 84.1 Å². The first-order valence-corrected chi connectivity index (χ1v) is 18.5. The summed E-state index contributed by atoms with van der Waals surface area (Å²) >= 11 is 1.81. The van der Waals surface area contributed by atoms with Crippen LogP contribution < -0.4 is 27.3 Å². The van der Waals surface area contributed by atoms with Gasteiger partial charge in [-0.1, -0.05) is 108 Å². The van der Waals surface area contributed by atoms with Crippen LogP contribution in [-0.4, -0.2) is 54.2 Å². The normalized spacial score (nSPS) is 11.6. The molecule has 244 valence electrons. The van der Waals surface area contributed by atoms with Gasteiger partial charge in [0.1, 0.15) is 50.4 Å². The lowest BCUT2D eigenvalue weighted by Gasteiger charge is -2.21. The van der Waals surface area contributed by atoms with Crippen molar-refractivity contribution in [2.75, 3.05) is 0 Å². The maximum absolute atomic E-state index is 6.47. The minimum Gasteiger partial charge on any atom is -0.456 e. The van der Waals surface area contributed by atoms with Crippen LogP contribution in [0.4, 0.5) is 0 Å². The molecule has 0 unspecified atom stereocenters. The van der Waals surface area contributed by atoms with Crippen molar-refractivity contribution in [3.05, 3.63) is 133 Å². The molecule has 10 radical (unpaired) electrons. The maximum Gasteiger partial charge on any atom is 0.164 e. The van der Waals surface area contributed by atoms with Crippen molar-refractivity contribution in [2.24, 2.45) is 0 Å². The lowest BCUT2D eigenvalue weighted by Crippen LogP contribution is -2.55. The number of fused-ring (bicyclic) bond motifs is 6. The number of furan rings is 1. The van der Waals surface area contributed by atoms with Gasteiger partial charge in [-0.15, -0.1) is 27.7 Å². The van der Waals surface area contributed by atoms with Gasteiger partial charge in [-0.05, 0) is 53.1 Å². The monoisotopic (exact) mass is 707 g/mol. The van der Waals surface area contributed by atoms with E-state index in [0.717, 1.165) is 49.8 Å². The van der Waals surface area contributed by atoms with Crippen LogP contribution in [-0.2, 0) is 0 Å². The van der Waals surface area contributed by atoms with Gasteiger partial charge in [0.2, 0.25) is 0 Å². The molecule has 0 fully saturated rings. The Hall–Kier alpha value is -6.11. The Morgan fingerprint density at radius 3 is 1.78 bits per heavy atom. The van der Waals surface area contributed by atoms with E-state index in [1.54, 1.807) is 0 Å². The van der Waals surface area contributed by atoms with Crippen molar-refractivity contribution >= 4 is 120 Å². The molecule has 0 atom stereocenters. The highest BCUT2D eigenvalue weighted by molar-refractivity contribution is 7.26. The minimum atomic E-state index is 0.163. The lowest BCUT2D eigenvalue weighted by molar-refractivity contribution is 0.669. The standard InChI is InChI=1S/C45H22B5N3OS/c46-37-35(38(47)40(49)41(50)39(37)48)24-11-6-12-25(21-24)44-51-43(23-9-2-1-3-10-23)52-45(53-44)26-19-20-32-31(22-26)36-28(14-8-17-33(36)54-32)30-16-7-15-29-27-13-4-5-18-34(27)55-42(29)30/h1-22H. The Balaban J connectivity index is 1.16. The quantitative estimate of drug-likeness (QED) is 0.194. The summed E-state index contributed by atoms with van der Waals surface area (Å²) in [6.45, 7) is 0. The van der Waals surface area contributed by atoms with Crippen LogP contribution in [0.25, 0.3) is 98.5 Å². The fourth-order valence-electron chi connectivity index (χ4n) is 7.47. The van der Waals surface area contributed by atoms with E-state index in [2.05, 4.69) is 60.7 Å². The third-order valence-corrected chi connectivity index (χ3v) is 11.4. The van der Waals surface area contributed by atoms with Crippen molar-refractivity contribution in [1.82, 2.24) is 15.0 Å². The fraction of sp³-hybridized carbons (Fsp3) is 0. The molecule has 10 heteroatoms. The molecule has 0 saturated heterocycles. The van der Waals surface area contributed by atoms with Crippen molar-refractivity contribution in [3.8, 4) is 56.4 Å². The van der Waals surface area contributed by atoms with Crippen LogP contribution in [0, 0.1) is 0 Å². The third kappa shape index (κ3) is 5.46. The van der Waals surface area contributed by atoms with E-state index in [9.17, 15) is 0 Å². The van der Waals surface area contributed by atoms with Crippen molar-refractivity contribution in [2.45, 2.75) is 0 Å². The molecule has 0 aliphatic carbocycles.